The fourth-order valence-electron chi connectivity index (χ4n) is 11.7. The lowest BCUT2D eigenvalue weighted by molar-refractivity contribution is -0.164. The van der Waals surface area contributed by atoms with E-state index < -0.39 is 40.3 Å². The van der Waals surface area contributed by atoms with E-state index in [-0.39, 0.29) is 55.2 Å². The van der Waals surface area contributed by atoms with Crippen LogP contribution in [0.4, 0.5) is 5.82 Å². The summed E-state index contributed by atoms with van der Waals surface area (Å²) in [4.78, 5) is 71.4. The zero-order chi connectivity index (χ0) is 51.7. The van der Waals surface area contributed by atoms with E-state index in [4.69, 9.17) is 26.1 Å². The number of carbonyl (C=O) groups excluding carboxylic acids is 4. The molecular formula is C54H68ClN9O7S. The number of carbonyl (C=O) groups is 4. The number of rotatable bonds is 17. The number of nitrogens with zero attached hydrogens (tertiary/aromatic N) is 6. The van der Waals surface area contributed by atoms with Crippen molar-refractivity contribution in [2.45, 2.75) is 123 Å². The van der Waals surface area contributed by atoms with E-state index >= 15 is 0 Å². The van der Waals surface area contributed by atoms with Crippen molar-refractivity contribution >= 4 is 52.4 Å². The second-order valence-electron chi connectivity index (χ2n) is 22.0. The first-order valence-electron chi connectivity index (χ1n) is 24.9. The van der Waals surface area contributed by atoms with E-state index in [1.165, 1.54) is 0 Å². The molecule has 8 rings (SSSR count). The zero-order valence-corrected chi connectivity index (χ0v) is 44.1. The van der Waals surface area contributed by atoms with E-state index in [2.05, 4.69) is 64.5 Å². The molecule has 5 heterocycles. The van der Waals surface area contributed by atoms with Crippen molar-refractivity contribution in [3.8, 4) is 22.3 Å². The van der Waals surface area contributed by atoms with Gasteiger partial charge in [-0.1, -0.05) is 84.3 Å². The van der Waals surface area contributed by atoms with Gasteiger partial charge < -0.3 is 40.3 Å². The molecule has 4 aliphatic rings. The van der Waals surface area contributed by atoms with Crippen LogP contribution in [0.1, 0.15) is 107 Å². The van der Waals surface area contributed by atoms with Crippen LogP contribution < -0.4 is 25.6 Å². The van der Waals surface area contributed by atoms with E-state index in [0.717, 1.165) is 53.4 Å². The van der Waals surface area contributed by atoms with E-state index in [1.807, 2.05) is 64.1 Å². The molecule has 4 amide bonds. The number of fused-ring (bicyclic) bond motifs is 2. The highest BCUT2D eigenvalue weighted by atomic mass is 35.5. The number of aryl methyl sites for hydroxylation is 1. The molecule has 2 bridgehead atoms. The Kier molecular flexibility index (Phi) is 15.7. The predicted molar refractivity (Wildman–Crippen MR) is 277 cm³/mol. The van der Waals surface area contributed by atoms with Gasteiger partial charge in [-0.2, -0.15) is 5.26 Å². The van der Waals surface area contributed by atoms with Gasteiger partial charge in [0.15, 0.2) is 0 Å². The number of nitrogens with one attached hydrogen (secondary N) is 3. The average Bonchev–Trinajstić information content (AvgIpc) is 4.08. The maximum Gasteiger partial charge on any atom is 0.253 e. The molecule has 4 N–H and O–H groups in total. The third-order valence-corrected chi connectivity index (χ3v) is 16.5. The fraction of sp³-hybridized carbons (Fsp3) is 0.537. The molecule has 384 valence electrons. The van der Waals surface area contributed by atoms with Gasteiger partial charge in [-0.15, -0.1) is 11.3 Å². The monoisotopic (exact) mass is 1020 g/mol. The minimum Gasteiger partial charge on any atom is -0.489 e. The molecule has 3 saturated heterocycles. The zero-order valence-electron chi connectivity index (χ0n) is 42.5. The second-order valence-corrected chi connectivity index (χ2v) is 23.2. The molecule has 5 atom stereocenters. The topological polar surface area (TPSA) is 202 Å². The number of amides is 4. The standard InChI is InChI=1S/C54H68ClN9O7S/c1-32-45(72-31-58-32)34-13-11-33(12-14-34)41(29-65)59-48(68)42-10-9-21-64(42)49(69)46(52(2,3)4)60-44(66)30-70-23-22-63-37-17-18-38(63)28-62(27-37)43-20-16-36(26-57-43)47(67)61-50-53(5,6)51(54(50,7)8)71-39-19-15-35(25-56)40(55)24-39/h11-16,19-20,24,26,31,37-38,41-42,46,50-51,65H,9-10,17-18,21-23,27-30H2,1-8H3,(H,59,68)(H,60,66)(H,61,67)/t37?,38?,41-,42-,46?,50?,51?/m0/s1. The fourth-order valence-corrected chi connectivity index (χ4v) is 12.7. The van der Waals surface area contributed by atoms with E-state index in [9.17, 15) is 29.5 Å². The van der Waals surface area contributed by atoms with Crippen LogP contribution in [0.5, 0.6) is 5.75 Å². The summed E-state index contributed by atoms with van der Waals surface area (Å²) in [7, 11) is 0. The summed E-state index contributed by atoms with van der Waals surface area (Å²) in [6.45, 7) is 18.3. The Labute approximate surface area is 431 Å². The number of piperazine rings is 1. The Morgan fingerprint density at radius 1 is 0.972 bits per heavy atom. The Balaban J connectivity index is 0.783. The molecule has 4 aromatic rings. The lowest BCUT2D eigenvalue weighted by Gasteiger charge is -2.63. The summed E-state index contributed by atoms with van der Waals surface area (Å²) in [6, 6.07) is 16.6. The Morgan fingerprint density at radius 3 is 2.28 bits per heavy atom. The van der Waals surface area contributed by atoms with Gasteiger partial charge in [0.2, 0.25) is 17.7 Å². The number of aliphatic hydroxyl groups is 1. The number of thiazole rings is 1. The van der Waals surface area contributed by atoms with Crippen molar-refractivity contribution in [1.82, 2.24) is 35.7 Å². The molecule has 2 aromatic carbocycles. The van der Waals surface area contributed by atoms with Gasteiger partial charge in [0.05, 0.1) is 51.5 Å². The predicted octanol–water partition coefficient (Wildman–Crippen LogP) is 6.69. The highest BCUT2D eigenvalue weighted by Gasteiger charge is 2.64. The molecule has 1 aliphatic carbocycles. The summed E-state index contributed by atoms with van der Waals surface area (Å²) in [6.07, 6.45) is 4.60. The van der Waals surface area contributed by atoms with Crippen molar-refractivity contribution in [3.63, 3.8) is 0 Å². The molecule has 4 fully saturated rings. The molecule has 0 radical (unpaired) electrons. The number of pyridine rings is 1. The number of nitriles is 1. The van der Waals surface area contributed by atoms with Gasteiger partial charge in [0.1, 0.15) is 42.4 Å². The molecule has 18 heteroatoms. The van der Waals surface area contributed by atoms with Crippen molar-refractivity contribution in [2.75, 3.05) is 50.9 Å². The minimum absolute atomic E-state index is 0.180. The van der Waals surface area contributed by atoms with Crippen molar-refractivity contribution in [1.29, 1.82) is 5.26 Å². The van der Waals surface area contributed by atoms with Crippen LogP contribution in [0.25, 0.3) is 10.4 Å². The van der Waals surface area contributed by atoms with Crippen LogP contribution in [0.3, 0.4) is 0 Å². The molecule has 0 spiro atoms. The summed E-state index contributed by atoms with van der Waals surface area (Å²) in [5.41, 5.74) is 3.92. The van der Waals surface area contributed by atoms with Gasteiger partial charge in [-0.25, -0.2) is 9.97 Å². The van der Waals surface area contributed by atoms with Gasteiger partial charge in [-0.05, 0) is 73.4 Å². The SMILES string of the molecule is Cc1ncsc1-c1ccc([C@H](CO)NC(=O)[C@@H]2CCCN2C(=O)C(NC(=O)COCCN2C3CCC2CN(c2ccc(C(=O)NC4C(C)(C)C(Oc5ccc(C#N)c(Cl)c5)C4(C)C)cn2)C3)C(C)(C)C)cc1. The van der Waals surface area contributed by atoms with Crippen LogP contribution in [-0.4, -0.2) is 131 Å². The molecule has 2 aromatic heterocycles. The quantitative estimate of drug-likeness (QED) is 0.0818. The smallest absolute Gasteiger partial charge is 0.253 e. The Bertz CT molecular complexity index is 2640. The lowest BCUT2D eigenvalue weighted by atomic mass is 9.49. The lowest BCUT2D eigenvalue weighted by Crippen LogP contribution is -2.74. The summed E-state index contributed by atoms with van der Waals surface area (Å²) in [5, 5.41) is 29.0. The number of benzene rings is 2. The second kappa shape index (κ2) is 21.4. The summed E-state index contributed by atoms with van der Waals surface area (Å²) >= 11 is 7.83. The molecular weight excluding hydrogens is 954 g/mol. The highest BCUT2D eigenvalue weighted by molar-refractivity contribution is 7.13. The van der Waals surface area contributed by atoms with Crippen LogP contribution >= 0.6 is 22.9 Å². The third-order valence-electron chi connectivity index (χ3n) is 15.2. The average molecular weight is 1020 g/mol. The normalized spacial score (nSPS) is 23.1. The summed E-state index contributed by atoms with van der Waals surface area (Å²) in [5.74, 6) is 0.122. The van der Waals surface area contributed by atoms with Crippen LogP contribution in [-0.2, 0) is 19.1 Å². The van der Waals surface area contributed by atoms with Gasteiger partial charge in [0, 0.05) is 67.4 Å². The maximum absolute atomic E-state index is 14.2. The molecule has 72 heavy (non-hydrogen) atoms. The maximum atomic E-state index is 14.2. The van der Waals surface area contributed by atoms with Gasteiger partial charge in [-0.3, -0.25) is 24.1 Å². The first-order chi connectivity index (χ1) is 34.2. The number of anilines is 1. The van der Waals surface area contributed by atoms with Crippen LogP contribution in [0, 0.1) is 34.5 Å². The number of aliphatic hydroxyl groups excluding tert-OH is 1. The molecule has 3 aliphatic heterocycles. The first kappa shape index (κ1) is 52.7. The Hall–Kier alpha value is -5.64. The van der Waals surface area contributed by atoms with Crippen molar-refractivity contribution < 1.29 is 33.8 Å². The minimum atomic E-state index is -0.892. The van der Waals surface area contributed by atoms with E-state index in [0.29, 0.717) is 54.4 Å². The Morgan fingerprint density at radius 2 is 1.68 bits per heavy atom. The van der Waals surface area contributed by atoms with Crippen LogP contribution in [0.15, 0.2) is 66.3 Å². The van der Waals surface area contributed by atoms with Crippen molar-refractivity contribution in [2.24, 2.45) is 16.2 Å². The third kappa shape index (κ3) is 11.0. The molecule has 3 unspecified atom stereocenters. The number of hydrogen-bond acceptors (Lipinski definition) is 13. The number of likely N-dealkylation sites (tertiary alicyclic amines) is 1. The highest BCUT2D eigenvalue weighted by Crippen LogP contribution is 2.55. The van der Waals surface area contributed by atoms with Gasteiger partial charge >= 0.3 is 0 Å². The number of hydrogen-bond donors (Lipinski definition) is 4. The first-order valence-corrected chi connectivity index (χ1v) is 26.2. The molecule has 1 saturated carbocycles. The number of ether oxygens (including phenoxy) is 2. The molecule has 16 nitrogen and oxygen atoms in total. The van der Waals surface area contributed by atoms with Crippen molar-refractivity contribution in [3.05, 3.63) is 93.7 Å². The van der Waals surface area contributed by atoms with Crippen LogP contribution in [0.2, 0.25) is 5.02 Å². The van der Waals surface area contributed by atoms with E-state index in [1.54, 1.807) is 46.1 Å². The number of aromatic nitrogens is 2. The van der Waals surface area contributed by atoms with Gasteiger partial charge in [0.25, 0.3) is 5.91 Å². The summed E-state index contributed by atoms with van der Waals surface area (Å²) < 4.78 is 12.3. The number of halogens is 1. The largest absolute Gasteiger partial charge is 0.489 e.